The molecule has 0 bridgehead atoms. The molecule has 1 amide bonds. The minimum Gasteiger partial charge on any atom is -0.469 e. The number of esters is 2. The third-order valence-corrected chi connectivity index (χ3v) is 2.55. The normalized spacial score (nSPS) is 24.5. The summed E-state index contributed by atoms with van der Waals surface area (Å²) in [7, 11) is 2.56. The average Bonchev–Trinajstić information content (AvgIpc) is 2.27. The van der Waals surface area contributed by atoms with Crippen molar-refractivity contribution in [3.05, 3.63) is 0 Å². The maximum atomic E-state index is 11.3. The van der Waals surface area contributed by atoms with Crippen LogP contribution in [0.3, 0.4) is 0 Å². The van der Waals surface area contributed by atoms with E-state index in [-0.39, 0.29) is 30.6 Å². The summed E-state index contributed by atoms with van der Waals surface area (Å²) in [4.78, 5) is 33.6. The molecule has 1 rings (SSSR count). The lowest BCUT2D eigenvalue weighted by Gasteiger charge is -2.27. The van der Waals surface area contributed by atoms with E-state index in [2.05, 4.69) is 14.8 Å². The first kappa shape index (κ1) is 12.5. The van der Waals surface area contributed by atoms with Gasteiger partial charge in [-0.15, -0.1) is 0 Å². The van der Waals surface area contributed by atoms with Gasteiger partial charge in [-0.25, -0.2) is 4.79 Å². The first-order valence-electron chi connectivity index (χ1n) is 5.00. The van der Waals surface area contributed by atoms with Gasteiger partial charge in [-0.05, 0) is 12.3 Å². The van der Waals surface area contributed by atoms with Gasteiger partial charge in [0.1, 0.15) is 6.04 Å². The molecule has 0 aromatic rings. The van der Waals surface area contributed by atoms with Gasteiger partial charge >= 0.3 is 11.9 Å². The Bertz CT molecular complexity index is 302. The smallest absolute Gasteiger partial charge is 0.328 e. The Morgan fingerprint density at radius 1 is 1.38 bits per heavy atom. The molecule has 0 saturated carbocycles. The third-order valence-electron chi connectivity index (χ3n) is 2.55. The molecule has 0 aromatic heterocycles. The molecular weight excluding hydrogens is 214 g/mol. The first-order valence-corrected chi connectivity index (χ1v) is 5.00. The van der Waals surface area contributed by atoms with Crippen molar-refractivity contribution in [2.75, 3.05) is 14.2 Å². The van der Waals surface area contributed by atoms with E-state index >= 15 is 0 Å². The molecule has 2 atom stereocenters. The Balaban J connectivity index is 2.57. The van der Waals surface area contributed by atoms with Crippen molar-refractivity contribution in [1.82, 2.24) is 5.32 Å². The zero-order chi connectivity index (χ0) is 12.1. The van der Waals surface area contributed by atoms with Crippen LogP contribution in [0.15, 0.2) is 0 Å². The van der Waals surface area contributed by atoms with Crippen LogP contribution in [-0.2, 0) is 23.9 Å². The highest BCUT2D eigenvalue weighted by Crippen LogP contribution is 2.21. The van der Waals surface area contributed by atoms with Gasteiger partial charge in [0.15, 0.2) is 0 Å². The second-order valence-electron chi connectivity index (χ2n) is 3.73. The number of nitrogens with one attached hydrogen (secondary N) is 1. The highest BCUT2D eigenvalue weighted by atomic mass is 16.5. The fourth-order valence-electron chi connectivity index (χ4n) is 1.76. The largest absolute Gasteiger partial charge is 0.469 e. The Hall–Kier alpha value is -1.59. The number of hydrogen-bond donors (Lipinski definition) is 1. The average molecular weight is 229 g/mol. The molecule has 0 unspecified atom stereocenters. The summed E-state index contributed by atoms with van der Waals surface area (Å²) >= 11 is 0. The minimum absolute atomic E-state index is 0.150. The van der Waals surface area contributed by atoms with Crippen molar-refractivity contribution >= 4 is 17.8 Å². The fraction of sp³-hybridized carbons (Fsp3) is 0.700. The Morgan fingerprint density at radius 3 is 2.62 bits per heavy atom. The van der Waals surface area contributed by atoms with Gasteiger partial charge in [-0.1, -0.05) is 0 Å². The summed E-state index contributed by atoms with van der Waals surface area (Å²) in [6.45, 7) is 0. The van der Waals surface area contributed by atoms with Crippen LogP contribution in [-0.4, -0.2) is 38.1 Å². The molecule has 0 radical (unpaired) electrons. The van der Waals surface area contributed by atoms with Crippen LogP contribution in [0.1, 0.15) is 19.3 Å². The minimum atomic E-state index is -0.652. The molecule has 1 aliphatic heterocycles. The number of hydrogen-bond acceptors (Lipinski definition) is 5. The monoisotopic (exact) mass is 229 g/mol. The van der Waals surface area contributed by atoms with Crippen LogP contribution >= 0.6 is 0 Å². The quantitative estimate of drug-likeness (QED) is 0.667. The molecule has 0 aromatic carbocycles. The molecular formula is C10H15NO5. The summed E-state index contributed by atoms with van der Waals surface area (Å²) in [5.41, 5.74) is 0. The summed E-state index contributed by atoms with van der Waals surface area (Å²) < 4.78 is 9.07. The standard InChI is InChI=1S/C10H15NO5/c1-15-9(13)5-6-3-7(10(14)16-2)11-8(12)4-6/h6-7H,3-5H2,1-2H3,(H,11,12)/t6-,7+/m1/s1. The second kappa shape index (κ2) is 5.48. The number of carbonyl (C=O) groups excluding carboxylic acids is 3. The maximum Gasteiger partial charge on any atom is 0.328 e. The molecule has 90 valence electrons. The van der Waals surface area contributed by atoms with E-state index in [1.54, 1.807) is 0 Å². The molecule has 16 heavy (non-hydrogen) atoms. The summed E-state index contributed by atoms with van der Waals surface area (Å²) in [5, 5.41) is 2.52. The molecule has 1 N–H and O–H groups in total. The van der Waals surface area contributed by atoms with Crippen molar-refractivity contribution in [2.24, 2.45) is 5.92 Å². The van der Waals surface area contributed by atoms with Crippen LogP contribution < -0.4 is 5.32 Å². The van der Waals surface area contributed by atoms with Gasteiger partial charge in [0, 0.05) is 12.8 Å². The molecule has 1 fully saturated rings. The molecule has 6 heteroatoms. The maximum absolute atomic E-state index is 11.3. The van der Waals surface area contributed by atoms with Gasteiger partial charge in [0.2, 0.25) is 5.91 Å². The van der Waals surface area contributed by atoms with E-state index in [0.717, 1.165) is 0 Å². The highest BCUT2D eigenvalue weighted by molar-refractivity contribution is 5.86. The highest BCUT2D eigenvalue weighted by Gasteiger charge is 2.32. The first-order chi connectivity index (χ1) is 7.56. The molecule has 0 spiro atoms. The van der Waals surface area contributed by atoms with E-state index in [1.807, 2.05) is 0 Å². The van der Waals surface area contributed by atoms with Crippen molar-refractivity contribution in [2.45, 2.75) is 25.3 Å². The Labute approximate surface area is 93.3 Å². The van der Waals surface area contributed by atoms with E-state index in [0.29, 0.717) is 6.42 Å². The zero-order valence-corrected chi connectivity index (χ0v) is 9.32. The van der Waals surface area contributed by atoms with E-state index in [4.69, 9.17) is 0 Å². The number of ether oxygens (including phenoxy) is 2. The van der Waals surface area contributed by atoms with Crippen molar-refractivity contribution < 1.29 is 23.9 Å². The molecule has 6 nitrogen and oxygen atoms in total. The van der Waals surface area contributed by atoms with Crippen LogP contribution in [0.5, 0.6) is 0 Å². The summed E-state index contributed by atoms with van der Waals surface area (Å²) in [5.74, 6) is -1.26. The predicted octanol–water partition coefficient (Wildman–Crippen LogP) is -0.383. The van der Waals surface area contributed by atoms with Crippen molar-refractivity contribution in [1.29, 1.82) is 0 Å². The number of carbonyl (C=O) groups is 3. The topological polar surface area (TPSA) is 81.7 Å². The van der Waals surface area contributed by atoms with Gasteiger partial charge in [0.25, 0.3) is 0 Å². The van der Waals surface area contributed by atoms with Crippen LogP contribution in [0.25, 0.3) is 0 Å². The number of amides is 1. The van der Waals surface area contributed by atoms with Crippen LogP contribution in [0, 0.1) is 5.92 Å². The lowest BCUT2D eigenvalue weighted by molar-refractivity contribution is -0.149. The fourth-order valence-corrected chi connectivity index (χ4v) is 1.76. The molecule has 1 saturated heterocycles. The van der Waals surface area contributed by atoms with Crippen LogP contribution in [0.2, 0.25) is 0 Å². The summed E-state index contributed by atoms with van der Waals surface area (Å²) in [6.07, 6.45) is 0.799. The van der Waals surface area contributed by atoms with Gasteiger partial charge in [-0.2, -0.15) is 0 Å². The third kappa shape index (κ3) is 3.22. The molecule has 1 aliphatic rings. The van der Waals surface area contributed by atoms with Crippen molar-refractivity contribution in [3.8, 4) is 0 Å². The Morgan fingerprint density at radius 2 is 2.06 bits per heavy atom. The Kier molecular flexibility index (Phi) is 4.28. The summed E-state index contributed by atoms with van der Waals surface area (Å²) in [6, 6.07) is -0.652. The van der Waals surface area contributed by atoms with Gasteiger partial charge < -0.3 is 14.8 Å². The molecule has 1 heterocycles. The van der Waals surface area contributed by atoms with E-state index in [9.17, 15) is 14.4 Å². The molecule has 0 aliphatic carbocycles. The lowest BCUT2D eigenvalue weighted by atomic mass is 9.89. The van der Waals surface area contributed by atoms with Crippen molar-refractivity contribution in [3.63, 3.8) is 0 Å². The van der Waals surface area contributed by atoms with Gasteiger partial charge in [0.05, 0.1) is 14.2 Å². The predicted molar refractivity (Wildman–Crippen MR) is 53.3 cm³/mol. The van der Waals surface area contributed by atoms with Gasteiger partial charge in [-0.3, -0.25) is 9.59 Å². The number of rotatable bonds is 3. The van der Waals surface area contributed by atoms with Crippen LogP contribution in [0.4, 0.5) is 0 Å². The number of piperidine rings is 1. The lowest BCUT2D eigenvalue weighted by Crippen LogP contribution is -2.47. The van der Waals surface area contributed by atoms with E-state index < -0.39 is 12.0 Å². The SMILES string of the molecule is COC(=O)C[C@H]1CC(=O)N[C@H](C(=O)OC)C1. The second-order valence-corrected chi connectivity index (χ2v) is 3.73. The number of methoxy groups -OCH3 is 2. The zero-order valence-electron chi connectivity index (χ0n) is 9.32. The van der Waals surface area contributed by atoms with E-state index in [1.165, 1.54) is 14.2 Å².